The van der Waals surface area contributed by atoms with Gasteiger partial charge in [-0.2, -0.15) is 0 Å². The van der Waals surface area contributed by atoms with E-state index >= 15 is 0 Å². The zero-order valence-corrected chi connectivity index (χ0v) is 26.6. The third-order valence-corrected chi connectivity index (χ3v) is 18.3. The van der Waals surface area contributed by atoms with E-state index in [1.54, 1.807) is 23.5 Å². The molecule has 0 radical (unpaired) electrons. The van der Waals surface area contributed by atoms with Gasteiger partial charge in [-0.25, -0.2) is 0 Å². The molecule has 5 aromatic rings. The zero-order valence-electron chi connectivity index (χ0n) is 22.4. The molecule has 206 valence electrons. The van der Waals surface area contributed by atoms with Crippen molar-refractivity contribution in [3.63, 3.8) is 0 Å². The number of carbonyl (C=O) groups excluding carboxylic acids is 2. The molecule has 0 N–H and O–H groups in total. The monoisotopic (exact) mass is 637 g/mol. The van der Waals surface area contributed by atoms with Gasteiger partial charge in [0.25, 0.3) is 0 Å². The Kier molecular flexibility index (Phi) is 9.38. The Bertz CT molecular complexity index is 1540. The molecule has 6 rings (SSSR count). The van der Waals surface area contributed by atoms with Crippen LogP contribution in [0.4, 0.5) is 0 Å². The SMILES string of the molecule is O=C(SC1=C(SC(=O)c2ccccc2)SC([P+](c2ccccc2)(c2ccccc2)c2ccccc2)S1)c1ccccc1. The summed E-state index contributed by atoms with van der Waals surface area (Å²) in [4.78, 5) is 27.0. The lowest BCUT2D eigenvalue weighted by Gasteiger charge is -2.31. The minimum Gasteiger partial charge on any atom is -0.281 e. The minimum absolute atomic E-state index is 0.0207. The Morgan fingerprint density at radius 2 is 0.738 bits per heavy atom. The number of benzene rings is 5. The first-order chi connectivity index (χ1) is 20.7. The first-order valence-electron chi connectivity index (χ1n) is 13.3. The van der Waals surface area contributed by atoms with Crippen molar-refractivity contribution in [3.8, 4) is 0 Å². The number of thioether (sulfide) groups is 4. The lowest BCUT2D eigenvalue weighted by molar-refractivity contribution is 0.108. The van der Waals surface area contributed by atoms with Crippen molar-refractivity contribution < 1.29 is 9.59 Å². The van der Waals surface area contributed by atoms with E-state index in [0.717, 1.165) is 8.47 Å². The highest BCUT2D eigenvalue weighted by atomic mass is 32.3. The second-order valence-electron chi connectivity index (χ2n) is 9.36. The van der Waals surface area contributed by atoms with Crippen molar-refractivity contribution >= 4 is 80.5 Å². The standard InChI is InChI=1S/C35H26O2PS4/c36-31(26-16-6-1-7-17-26)39-33-34(40-32(37)27-18-8-2-9-19-27)42-35(41-33)38(28-20-10-3-11-21-28,29-22-12-4-13-23-29)30-24-14-5-15-25-30/h1-25,35H/q+1. The van der Waals surface area contributed by atoms with Gasteiger partial charge in [0, 0.05) is 11.1 Å². The molecule has 0 aromatic heterocycles. The second kappa shape index (κ2) is 13.5. The fraction of sp³-hybridized carbons (Fsp3) is 0.0286. The Morgan fingerprint density at radius 1 is 0.452 bits per heavy atom. The summed E-state index contributed by atoms with van der Waals surface area (Å²) in [5.41, 5.74) is 1.30. The molecule has 0 fully saturated rings. The maximum Gasteiger partial charge on any atom is 0.224 e. The lowest BCUT2D eigenvalue weighted by Crippen LogP contribution is -2.35. The Labute approximate surface area is 264 Å². The van der Waals surface area contributed by atoms with Crippen LogP contribution in [0.25, 0.3) is 0 Å². The third-order valence-electron chi connectivity index (χ3n) is 6.78. The Morgan fingerprint density at radius 3 is 1.05 bits per heavy atom. The average Bonchev–Trinajstić information content (AvgIpc) is 3.45. The highest BCUT2D eigenvalue weighted by molar-refractivity contribution is 8.46. The minimum atomic E-state index is -2.27. The summed E-state index contributed by atoms with van der Waals surface area (Å²) in [7, 11) is -2.27. The normalized spacial score (nSPS) is 13.7. The number of hydrogen-bond acceptors (Lipinski definition) is 6. The smallest absolute Gasteiger partial charge is 0.224 e. The summed E-state index contributed by atoms with van der Waals surface area (Å²) >= 11 is 5.94. The van der Waals surface area contributed by atoms with Crippen molar-refractivity contribution in [2.45, 2.75) is 4.32 Å². The third kappa shape index (κ3) is 6.06. The highest BCUT2D eigenvalue weighted by Crippen LogP contribution is 2.73. The van der Waals surface area contributed by atoms with Crippen molar-refractivity contribution in [1.29, 1.82) is 0 Å². The van der Waals surface area contributed by atoms with Gasteiger partial charge in [-0.15, -0.1) is 0 Å². The van der Waals surface area contributed by atoms with E-state index in [1.807, 2.05) is 60.7 Å². The molecule has 0 aliphatic carbocycles. The van der Waals surface area contributed by atoms with Crippen LogP contribution in [0.3, 0.4) is 0 Å². The molecule has 0 unspecified atom stereocenters. The number of rotatable bonds is 8. The molecule has 0 saturated heterocycles. The summed E-state index contributed by atoms with van der Waals surface area (Å²) in [5, 5.41) is 3.77. The topological polar surface area (TPSA) is 34.1 Å². The van der Waals surface area contributed by atoms with Crippen LogP contribution in [0.1, 0.15) is 20.7 Å². The van der Waals surface area contributed by atoms with Crippen molar-refractivity contribution in [2.24, 2.45) is 0 Å². The van der Waals surface area contributed by atoms with Gasteiger partial charge in [0.05, 0.1) is 8.47 Å². The van der Waals surface area contributed by atoms with Crippen LogP contribution in [0, 0.1) is 0 Å². The highest BCUT2D eigenvalue weighted by Gasteiger charge is 2.56. The molecule has 1 aliphatic rings. The van der Waals surface area contributed by atoms with Crippen LogP contribution in [-0.2, 0) is 0 Å². The lowest BCUT2D eigenvalue weighted by atomic mass is 10.2. The molecule has 5 aromatic carbocycles. The molecule has 0 saturated carbocycles. The van der Waals surface area contributed by atoms with Crippen LogP contribution in [0.5, 0.6) is 0 Å². The van der Waals surface area contributed by atoms with Gasteiger partial charge in [0.1, 0.15) is 23.2 Å². The van der Waals surface area contributed by atoms with E-state index in [-0.39, 0.29) is 14.6 Å². The van der Waals surface area contributed by atoms with Crippen LogP contribution in [0.2, 0.25) is 0 Å². The molecule has 0 bridgehead atoms. The van der Waals surface area contributed by atoms with Crippen LogP contribution >= 0.6 is 54.3 Å². The van der Waals surface area contributed by atoms with E-state index in [0.29, 0.717) is 11.1 Å². The van der Waals surface area contributed by atoms with Gasteiger partial charge >= 0.3 is 0 Å². The van der Waals surface area contributed by atoms with Gasteiger partial charge < -0.3 is 0 Å². The van der Waals surface area contributed by atoms with E-state index in [9.17, 15) is 9.59 Å². The van der Waals surface area contributed by atoms with Crippen molar-refractivity contribution in [3.05, 3.63) is 171 Å². The summed E-state index contributed by atoms with van der Waals surface area (Å²) in [6, 6.07) is 50.9. The molecule has 1 aliphatic heterocycles. The van der Waals surface area contributed by atoms with E-state index in [4.69, 9.17) is 0 Å². The molecule has 7 heteroatoms. The largest absolute Gasteiger partial charge is 0.281 e. The molecular formula is C35H26O2PS4+. The maximum atomic E-state index is 13.5. The van der Waals surface area contributed by atoms with Gasteiger partial charge in [0.15, 0.2) is 4.32 Å². The summed E-state index contributed by atoms with van der Waals surface area (Å²) in [6.07, 6.45) is 0. The van der Waals surface area contributed by atoms with Crippen molar-refractivity contribution in [1.82, 2.24) is 0 Å². The first-order valence-corrected chi connectivity index (χ1v) is 18.6. The van der Waals surface area contributed by atoms with Gasteiger partial charge in [-0.05, 0) is 59.9 Å². The van der Waals surface area contributed by atoms with Gasteiger partial charge in [0.2, 0.25) is 10.2 Å². The van der Waals surface area contributed by atoms with Crippen LogP contribution in [0.15, 0.2) is 160 Å². The summed E-state index contributed by atoms with van der Waals surface area (Å²) in [6.45, 7) is 0. The molecule has 1 heterocycles. The average molecular weight is 638 g/mol. The Balaban J connectivity index is 1.46. The second-order valence-corrected chi connectivity index (χ2v) is 18.6. The fourth-order valence-corrected chi connectivity index (χ4v) is 18.1. The van der Waals surface area contributed by atoms with E-state index in [1.165, 1.54) is 39.4 Å². The Hall–Kier alpha value is -2.99. The molecule has 2 nitrogen and oxygen atoms in total. The molecule has 0 atom stereocenters. The molecule has 42 heavy (non-hydrogen) atoms. The number of carbonyl (C=O) groups is 2. The van der Waals surface area contributed by atoms with E-state index in [2.05, 4.69) is 91.0 Å². The first kappa shape index (κ1) is 29.1. The number of hydrogen-bond donors (Lipinski definition) is 0. The maximum absolute atomic E-state index is 13.5. The van der Waals surface area contributed by atoms with Gasteiger partial charge in [-0.3, -0.25) is 9.59 Å². The predicted molar refractivity (Wildman–Crippen MR) is 188 cm³/mol. The fourth-order valence-electron chi connectivity index (χ4n) is 4.83. The van der Waals surface area contributed by atoms with Crippen molar-refractivity contribution in [2.75, 3.05) is 0 Å². The summed E-state index contributed by atoms with van der Waals surface area (Å²) < 4.78 is 1.81. The van der Waals surface area contributed by atoms with Crippen LogP contribution < -0.4 is 15.9 Å². The van der Waals surface area contributed by atoms with Crippen LogP contribution in [-0.4, -0.2) is 14.6 Å². The molecule has 0 amide bonds. The summed E-state index contributed by atoms with van der Waals surface area (Å²) in [5.74, 6) is 0. The molecule has 0 spiro atoms. The zero-order chi connectivity index (χ0) is 28.8. The van der Waals surface area contributed by atoms with Gasteiger partial charge in [-0.1, -0.05) is 139 Å². The molecular weight excluding hydrogens is 612 g/mol. The quantitative estimate of drug-likeness (QED) is 0.158. The predicted octanol–water partition coefficient (Wildman–Crippen LogP) is 9.02. The van der Waals surface area contributed by atoms with E-state index < -0.39 is 7.26 Å².